The lowest BCUT2D eigenvalue weighted by Crippen LogP contribution is -2.15. The summed E-state index contributed by atoms with van der Waals surface area (Å²) in [6.45, 7) is 0. The van der Waals surface area contributed by atoms with Gasteiger partial charge in [-0.3, -0.25) is 14.9 Å². The predicted molar refractivity (Wildman–Crippen MR) is 116 cm³/mol. The van der Waals surface area contributed by atoms with E-state index >= 15 is 0 Å². The van der Waals surface area contributed by atoms with Crippen molar-refractivity contribution in [3.05, 3.63) is 69.4 Å². The van der Waals surface area contributed by atoms with E-state index in [2.05, 4.69) is 15.3 Å². The van der Waals surface area contributed by atoms with Crippen molar-refractivity contribution in [2.45, 2.75) is 11.3 Å². The number of hydrogen-bond donors (Lipinski definition) is 1. The minimum absolute atomic E-state index is 0.0290. The average Bonchev–Trinajstić information content (AvgIpc) is 2.78. The Bertz CT molecular complexity index is 1190. The molecule has 2 aromatic carbocycles. The lowest BCUT2D eigenvalue weighted by atomic mass is 10.1. The Hall–Kier alpha value is -3.38. The summed E-state index contributed by atoms with van der Waals surface area (Å²) >= 11 is 6.63. The van der Waals surface area contributed by atoms with E-state index in [1.54, 1.807) is 24.3 Å². The molecular formula is C20H14ClF3N4O4S. The van der Waals surface area contributed by atoms with Crippen LogP contribution in [0.5, 0.6) is 5.75 Å². The van der Waals surface area contributed by atoms with Crippen LogP contribution in [0, 0.1) is 10.1 Å². The van der Waals surface area contributed by atoms with Gasteiger partial charge in [0.1, 0.15) is 11.4 Å². The zero-order valence-electron chi connectivity index (χ0n) is 16.7. The standard InChI is InChI=1S/C20H14ClF3N4O4S/c1-32-13-5-2-11(3-6-13)16-9-17(20(22,23)24)27-19(26-16)33-10-18(29)25-15-7-4-12(28(30)31)8-14(15)21/h2-9H,10H2,1H3,(H,25,29). The molecule has 0 aliphatic carbocycles. The van der Waals surface area contributed by atoms with Gasteiger partial charge in [0.25, 0.3) is 5.69 Å². The number of anilines is 1. The van der Waals surface area contributed by atoms with Crippen LogP contribution < -0.4 is 10.1 Å². The number of ether oxygens (including phenoxy) is 1. The third-order valence-corrected chi connectivity index (χ3v) is 5.31. The van der Waals surface area contributed by atoms with E-state index < -0.39 is 22.7 Å². The van der Waals surface area contributed by atoms with E-state index in [1.807, 2.05) is 0 Å². The summed E-state index contributed by atoms with van der Waals surface area (Å²) in [5.41, 5.74) is -0.842. The van der Waals surface area contributed by atoms with Crippen LogP contribution in [0.4, 0.5) is 24.5 Å². The van der Waals surface area contributed by atoms with Crippen LogP contribution in [0.3, 0.4) is 0 Å². The van der Waals surface area contributed by atoms with Crippen molar-refractivity contribution in [1.29, 1.82) is 0 Å². The van der Waals surface area contributed by atoms with Gasteiger partial charge in [-0.25, -0.2) is 9.97 Å². The molecule has 0 fully saturated rings. The molecule has 1 heterocycles. The molecule has 1 N–H and O–H groups in total. The predicted octanol–water partition coefficient (Wildman–Crippen LogP) is 5.46. The lowest BCUT2D eigenvalue weighted by molar-refractivity contribution is -0.384. The van der Waals surface area contributed by atoms with Crippen LogP contribution in [-0.4, -0.2) is 33.7 Å². The summed E-state index contributed by atoms with van der Waals surface area (Å²) in [5, 5.41) is 12.9. The minimum Gasteiger partial charge on any atom is -0.497 e. The number of non-ortho nitro benzene ring substituents is 1. The van der Waals surface area contributed by atoms with Gasteiger partial charge in [0, 0.05) is 17.7 Å². The van der Waals surface area contributed by atoms with E-state index in [4.69, 9.17) is 16.3 Å². The lowest BCUT2D eigenvalue weighted by Gasteiger charge is -2.11. The second-order valence-electron chi connectivity index (χ2n) is 6.41. The quantitative estimate of drug-likeness (QED) is 0.199. The highest BCUT2D eigenvalue weighted by atomic mass is 35.5. The van der Waals surface area contributed by atoms with Gasteiger partial charge in [0.2, 0.25) is 5.91 Å². The van der Waals surface area contributed by atoms with Gasteiger partial charge < -0.3 is 10.1 Å². The van der Waals surface area contributed by atoms with Gasteiger partial charge >= 0.3 is 6.18 Å². The third kappa shape index (κ3) is 6.33. The number of nitro groups is 1. The number of aromatic nitrogens is 2. The normalized spacial score (nSPS) is 11.2. The number of rotatable bonds is 7. The summed E-state index contributed by atoms with van der Waals surface area (Å²) in [6.07, 6.45) is -4.71. The first-order valence-electron chi connectivity index (χ1n) is 9.04. The van der Waals surface area contributed by atoms with Gasteiger partial charge in [-0.15, -0.1) is 0 Å². The van der Waals surface area contributed by atoms with E-state index in [0.29, 0.717) is 23.1 Å². The number of methoxy groups -OCH3 is 1. The molecule has 0 spiro atoms. The Morgan fingerprint density at radius 3 is 2.45 bits per heavy atom. The first kappa shape index (κ1) is 24.3. The fraction of sp³-hybridized carbons (Fsp3) is 0.150. The maximum atomic E-state index is 13.3. The summed E-state index contributed by atoms with van der Waals surface area (Å²) in [7, 11) is 1.46. The van der Waals surface area contributed by atoms with Gasteiger partial charge in [-0.2, -0.15) is 13.2 Å². The highest BCUT2D eigenvalue weighted by molar-refractivity contribution is 7.99. The molecule has 3 aromatic rings. The van der Waals surface area contributed by atoms with Crippen LogP contribution >= 0.6 is 23.4 Å². The van der Waals surface area contributed by atoms with Gasteiger partial charge in [-0.1, -0.05) is 23.4 Å². The number of hydrogen-bond acceptors (Lipinski definition) is 7. The molecule has 8 nitrogen and oxygen atoms in total. The molecule has 1 amide bonds. The molecule has 0 atom stereocenters. The largest absolute Gasteiger partial charge is 0.497 e. The van der Waals surface area contributed by atoms with E-state index in [-0.39, 0.29) is 33.0 Å². The Morgan fingerprint density at radius 1 is 1.18 bits per heavy atom. The Morgan fingerprint density at radius 2 is 1.88 bits per heavy atom. The minimum atomic E-state index is -4.71. The van der Waals surface area contributed by atoms with Crippen molar-refractivity contribution in [2.24, 2.45) is 0 Å². The van der Waals surface area contributed by atoms with Gasteiger partial charge in [0.05, 0.1) is 34.2 Å². The highest BCUT2D eigenvalue weighted by Gasteiger charge is 2.34. The molecule has 0 saturated carbocycles. The topological polar surface area (TPSA) is 107 Å². The number of carbonyl (C=O) groups excluding carboxylic acids is 1. The number of halogens is 4. The Labute approximate surface area is 194 Å². The van der Waals surface area contributed by atoms with E-state index in [1.165, 1.54) is 13.2 Å². The van der Waals surface area contributed by atoms with E-state index in [0.717, 1.165) is 18.2 Å². The van der Waals surface area contributed by atoms with Gasteiger partial charge in [0.15, 0.2) is 5.16 Å². The zero-order chi connectivity index (χ0) is 24.2. The molecule has 33 heavy (non-hydrogen) atoms. The Balaban J connectivity index is 1.78. The van der Waals surface area contributed by atoms with Gasteiger partial charge in [-0.05, 0) is 36.4 Å². The van der Waals surface area contributed by atoms with Crippen molar-refractivity contribution in [2.75, 3.05) is 18.2 Å². The number of alkyl halides is 3. The van der Waals surface area contributed by atoms with Crippen molar-refractivity contribution in [3.8, 4) is 17.0 Å². The number of thioether (sulfide) groups is 1. The number of nitro benzene ring substituents is 1. The van der Waals surface area contributed by atoms with Crippen LogP contribution in [0.15, 0.2) is 53.7 Å². The summed E-state index contributed by atoms with van der Waals surface area (Å²) < 4.78 is 45.1. The fourth-order valence-corrected chi connectivity index (χ4v) is 3.46. The van der Waals surface area contributed by atoms with E-state index in [9.17, 15) is 28.1 Å². The maximum absolute atomic E-state index is 13.3. The number of amides is 1. The van der Waals surface area contributed by atoms with Crippen molar-refractivity contribution >= 4 is 40.6 Å². The van der Waals surface area contributed by atoms with Crippen LogP contribution in [-0.2, 0) is 11.0 Å². The Kier molecular flexibility index (Phi) is 7.39. The number of benzene rings is 2. The van der Waals surface area contributed by atoms with Crippen molar-refractivity contribution < 1.29 is 27.6 Å². The number of carbonyl (C=O) groups is 1. The molecule has 0 unspecified atom stereocenters. The molecule has 0 radical (unpaired) electrons. The fourth-order valence-electron chi connectivity index (χ4n) is 2.58. The molecular weight excluding hydrogens is 485 g/mol. The number of nitrogens with one attached hydrogen (secondary N) is 1. The first-order chi connectivity index (χ1) is 15.6. The highest BCUT2D eigenvalue weighted by Crippen LogP contribution is 2.33. The number of nitrogens with zero attached hydrogens (tertiary/aromatic N) is 3. The second kappa shape index (κ2) is 10.0. The average molecular weight is 499 g/mol. The molecule has 1 aromatic heterocycles. The van der Waals surface area contributed by atoms with Crippen LogP contribution in [0.2, 0.25) is 5.02 Å². The molecule has 13 heteroatoms. The SMILES string of the molecule is COc1ccc(-c2cc(C(F)(F)F)nc(SCC(=O)Nc3ccc([N+](=O)[O-])cc3Cl)n2)cc1. The third-order valence-electron chi connectivity index (χ3n) is 4.15. The molecule has 3 rings (SSSR count). The molecule has 0 saturated heterocycles. The summed E-state index contributed by atoms with van der Waals surface area (Å²) in [4.78, 5) is 30.0. The maximum Gasteiger partial charge on any atom is 0.433 e. The van der Waals surface area contributed by atoms with Crippen LogP contribution in [0.25, 0.3) is 11.3 Å². The molecule has 0 aliphatic heterocycles. The second-order valence-corrected chi connectivity index (χ2v) is 7.76. The molecule has 0 aliphatic rings. The molecule has 0 bridgehead atoms. The monoisotopic (exact) mass is 498 g/mol. The van der Waals surface area contributed by atoms with Crippen molar-refractivity contribution in [3.63, 3.8) is 0 Å². The summed E-state index contributed by atoms with van der Waals surface area (Å²) in [5.74, 6) is -0.403. The first-order valence-corrected chi connectivity index (χ1v) is 10.4. The van der Waals surface area contributed by atoms with Crippen LogP contribution in [0.1, 0.15) is 5.69 Å². The summed E-state index contributed by atoms with van der Waals surface area (Å²) in [6, 6.07) is 10.6. The molecule has 172 valence electrons. The van der Waals surface area contributed by atoms with Crippen molar-refractivity contribution in [1.82, 2.24) is 9.97 Å². The zero-order valence-corrected chi connectivity index (χ0v) is 18.3. The smallest absolute Gasteiger partial charge is 0.433 e.